The number of nitrogens with two attached hydrogens (primary N) is 1. The predicted molar refractivity (Wildman–Crippen MR) is 73.8 cm³/mol. The van der Waals surface area contributed by atoms with Crippen molar-refractivity contribution < 1.29 is 14.3 Å². The summed E-state index contributed by atoms with van der Waals surface area (Å²) in [6.07, 6.45) is 1.67. The van der Waals surface area contributed by atoms with Gasteiger partial charge in [0, 0.05) is 25.4 Å². The lowest BCUT2D eigenvalue weighted by Gasteiger charge is -2.15. The van der Waals surface area contributed by atoms with E-state index in [4.69, 9.17) is 5.73 Å². The Kier molecular flexibility index (Phi) is 6.20. The number of hydrogen-bond acceptors (Lipinski definition) is 5. The van der Waals surface area contributed by atoms with Gasteiger partial charge in [-0.1, -0.05) is 11.8 Å². The highest BCUT2D eigenvalue weighted by Crippen LogP contribution is 2.03. The molecule has 0 radical (unpaired) electrons. The van der Waals surface area contributed by atoms with Crippen molar-refractivity contribution in [2.75, 3.05) is 27.2 Å². The van der Waals surface area contributed by atoms with E-state index in [1.807, 2.05) is 0 Å². The Balaban J connectivity index is 2.65. The molecule has 1 aromatic heterocycles. The number of carbonyl (C=O) groups excluding carboxylic acids is 2. The molecule has 0 unspecified atom stereocenters. The van der Waals surface area contributed by atoms with Gasteiger partial charge in [-0.2, -0.15) is 0 Å². The van der Waals surface area contributed by atoms with E-state index in [-0.39, 0.29) is 31.4 Å². The highest BCUT2D eigenvalue weighted by Gasteiger charge is 2.14. The lowest BCUT2D eigenvalue weighted by atomic mass is 10.2. The average molecular weight is 275 g/mol. The first-order valence-corrected chi connectivity index (χ1v) is 6.05. The molecule has 1 aromatic rings. The minimum atomic E-state index is -0.356. The Morgan fingerprint density at radius 2 is 2.20 bits per heavy atom. The molecule has 0 saturated carbocycles. The monoisotopic (exact) mass is 275 g/mol. The van der Waals surface area contributed by atoms with Crippen molar-refractivity contribution in [2.45, 2.75) is 6.42 Å². The summed E-state index contributed by atoms with van der Waals surface area (Å²) in [7, 11) is 2.92. The molecular formula is C14H17N3O3. The van der Waals surface area contributed by atoms with E-state index in [0.29, 0.717) is 11.3 Å². The van der Waals surface area contributed by atoms with Gasteiger partial charge in [0.25, 0.3) is 5.91 Å². The third-order valence-electron chi connectivity index (χ3n) is 2.54. The smallest absolute Gasteiger partial charge is 0.307 e. The minimum absolute atomic E-state index is 0.152. The van der Waals surface area contributed by atoms with Crippen LogP contribution in [0.2, 0.25) is 0 Å². The summed E-state index contributed by atoms with van der Waals surface area (Å²) in [5.74, 6) is 4.92. The predicted octanol–water partition coefficient (Wildman–Crippen LogP) is 0.0269. The van der Waals surface area contributed by atoms with Gasteiger partial charge in [0.1, 0.15) is 5.69 Å². The van der Waals surface area contributed by atoms with Crippen molar-refractivity contribution in [3.8, 4) is 11.8 Å². The van der Waals surface area contributed by atoms with Crippen LogP contribution in [0.15, 0.2) is 18.3 Å². The molecule has 6 nitrogen and oxygen atoms in total. The molecule has 2 N–H and O–H groups in total. The Morgan fingerprint density at radius 3 is 2.75 bits per heavy atom. The summed E-state index contributed by atoms with van der Waals surface area (Å²) in [4.78, 5) is 28.5. The number of ether oxygens (including phenoxy) is 1. The molecule has 0 atom stereocenters. The van der Waals surface area contributed by atoms with Gasteiger partial charge in [-0.25, -0.2) is 4.98 Å². The first kappa shape index (κ1) is 15.7. The van der Waals surface area contributed by atoms with Crippen LogP contribution in [0.5, 0.6) is 0 Å². The SMILES string of the molecule is COC(=O)CCN(C)C(=O)c1ccc(C#CCN)cn1. The van der Waals surface area contributed by atoms with Crippen LogP contribution >= 0.6 is 0 Å². The normalized spacial score (nSPS) is 9.35. The third-order valence-corrected chi connectivity index (χ3v) is 2.54. The molecule has 0 aliphatic heterocycles. The van der Waals surface area contributed by atoms with Crippen molar-refractivity contribution in [1.29, 1.82) is 0 Å². The van der Waals surface area contributed by atoms with Gasteiger partial charge in [0.05, 0.1) is 20.1 Å². The lowest BCUT2D eigenvalue weighted by Crippen LogP contribution is -2.29. The van der Waals surface area contributed by atoms with Crippen LogP contribution in [-0.2, 0) is 9.53 Å². The van der Waals surface area contributed by atoms with E-state index >= 15 is 0 Å². The van der Waals surface area contributed by atoms with E-state index in [1.165, 1.54) is 18.2 Å². The number of hydrogen-bond donors (Lipinski definition) is 1. The standard InChI is InChI=1S/C14H17N3O3/c1-17(9-7-13(18)20-2)14(19)12-6-5-11(10-16-12)4-3-8-15/h5-6,10H,7-9,15H2,1-2H3. The zero-order valence-electron chi connectivity index (χ0n) is 11.5. The fraction of sp³-hybridized carbons (Fsp3) is 0.357. The van der Waals surface area contributed by atoms with Crippen LogP contribution in [0.25, 0.3) is 0 Å². The Bertz CT molecular complexity index is 529. The van der Waals surface area contributed by atoms with Crippen molar-refractivity contribution in [1.82, 2.24) is 9.88 Å². The van der Waals surface area contributed by atoms with Gasteiger partial charge >= 0.3 is 5.97 Å². The maximum atomic E-state index is 12.0. The molecule has 0 fully saturated rings. The van der Waals surface area contributed by atoms with Gasteiger partial charge < -0.3 is 15.4 Å². The van der Waals surface area contributed by atoms with Gasteiger partial charge in [0.2, 0.25) is 0 Å². The average Bonchev–Trinajstić information content (AvgIpc) is 2.49. The summed E-state index contributed by atoms with van der Waals surface area (Å²) in [6, 6.07) is 3.30. The van der Waals surface area contributed by atoms with Gasteiger partial charge in [-0.05, 0) is 12.1 Å². The highest BCUT2D eigenvalue weighted by molar-refractivity contribution is 5.92. The van der Waals surface area contributed by atoms with E-state index in [2.05, 4.69) is 21.6 Å². The van der Waals surface area contributed by atoms with E-state index in [9.17, 15) is 9.59 Å². The van der Waals surface area contributed by atoms with Gasteiger partial charge in [-0.15, -0.1) is 0 Å². The molecule has 1 rings (SSSR count). The largest absolute Gasteiger partial charge is 0.469 e. The molecule has 0 aromatic carbocycles. The molecular weight excluding hydrogens is 258 g/mol. The Hall–Kier alpha value is -2.39. The molecule has 1 amide bonds. The van der Waals surface area contributed by atoms with E-state index in [0.717, 1.165) is 0 Å². The Morgan fingerprint density at radius 1 is 1.45 bits per heavy atom. The summed E-state index contributed by atoms with van der Waals surface area (Å²) >= 11 is 0. The molecule has 0 bridgehead atoms. The Labute approximate surface area is 117 Å². The first-order valence-electron chi connectivity index (χ1n) is 6.05. The summed E-state index contributed by atoms with van der Waals surface area (Å²) in [6.45, 7) is 0.554. The molecule has 1 heterocycles. The zero-order chi connectivity index (χ0) is 15.0. The summed E-state index contributed by atoms with van der Waals surface area (Å²) in [5.41, 5.74) is 6.27. The number of rotatable bonds is 4. The minimum Gasteiger partial charge on any atom is -0.469 e. The van der Waals surface area contributed by atoms with Crippen LogP contribution in [0.1, 0.15) is 22.5 Å². The molecule has 6 heteroatoms. The molecule has 106 valence electrons. The fourth-order valence-electron chi connectivity index (χ4n) is 1.41. The van der Waals surface area contributed by atoms with Crippen LogP contribution in [-0.4, -0.2) is 49.0 Å². The van der Waals surface area contributed by atoms with E-state index < -0.39 is 0 Å². The lowest BCUT2D eigenvalue weighted by molar-refractivity contribution is -0.140. The maximum Gasteiger partial charge on any atom is 0.307 e. The van der Waals surface area contributed by atoms with Crippen LogP contribution in [0.3, 0.4) is 0 Å². The number of methoxy groups -OCH3 is 1. The number of nitrogens with zero attached hydrogens (tertiary/aromatic N) is 2. The van der Waals surface area contributed by atoms with Gasteiger partial charge in [0.15, 0.2) is 0 Å². The second kappa shape index (κ2) is 7.92. The zero-order valence-corrected chi connectivity index (χ0v) is 11.5. The number of pyridine rings is 1. The van der Waals surface area contributed by atoms with Crippen molar-refractivity contribution in [2.24, 2.45) is 5.73 Å². The van der Waals surface area contributed by atoms with E-state index in [1.54, 1.807) is 19.2 Å². The fourth-order valence-corrected chi connectivity index (χ4v) is 1.41. The van der Waals surface area contributed by atoms with Gasteiger partial charge in [-0.3, -0.25) is 9.59 Å². The van der Waals surface area contributed by atoms with Crippen molar-refractivity contribution >= 4 is 11.9 Å². The molecule has 0 saturated heterocycles. The number of amides is 1. The maximum absolute atomic E-state index is 12.0. The third kappa shape index (κ3) is 4.71. The first-order chi connectivity index (χ1) is 9.58. The van der Waals surface area contributed by atoms with Crippen molar-refractivity contribution in [3.05, 3.63) is 29.6 Å². The highest BCUT2D eigenvalue weighted by atomic mass is 16.5. The van der Waals surface area contributed by atoms with Crippen LogP contribution < -0.4 is 5.73 Å². The summed E-state index contributed by atoms with van der Waals surface area (Å²) in [5, 5.41) is 0. The second-order valence-corrected chi connectivity index (χ2v) is 3.99. The second-order valence-electron chi connectivity index (χ2n) is 3.99. The molecule has 0 aliphatic rings. The van der Waals surface area contributed by atoms with Crippen molar-refractivity contribution in [3.63, 3.8) is 0 Å². The molecule has 0 aliphatic carbocycles. The molecule has 0 spiro atoms. The number of esters is 1. The number of carbonyl (C=O) groups is 2. The van der Waals surface area contributed by atoms with Crippen LogP contribution in [0.4, 0.5) is 0 Å². The quantitative estimate of drug-likeness (QED) is 0.619. The molecule has 20 heavy (non-hydrogen) atoms. The number of aromatic nitrogens is 1. The summed E-state index contributed by atoms with van der Waals surface area (Å²) < 4.78 is 4.52. The van der Waals surface area contributed by atoms with Crippen LogP contribution in [0, 0.1) is 11.8 Å². The topological polar surface area (TPSA) is 85.5 Å².